The second kappa shape index (κ2) is 6.97. The number of ether oxygens (including phenoxy) is 2. The molecule has 4 heteroatoms. The van der Waals surface area contributed by atoms with E-state index in [4.69, 9.17) is 9.47 Å². The third kappa shape index (κ3) is 4.64. The Morgan fingerprint density at radius 3 is 2.71 bits per heavy atom. The van der Waals surface area contributed by atoms with Gasteiger partial charge in [0, 0.05) is 32.8 Å². The van der Waals surface area contributed by atoms with Crippen molar-refractivity contribution in [1.82, 2.24) is 5.32 Å². The van der Waals surface area contributed by atoms with Gasteiger partial charge in [-0.05, 0) is 38.0 Å². The maximum Gasteiger partial charge on any atom is 0.220 e. The molecule has 2 rings (SSSR count). The molecule has 2 aliphatic heterocycles. The molecule has 1 atom stereocenters. The zero-order valence-corrected chi connectivity index (χ0v) is 10.5. The van der Waals surface area contributed by atoms with Crippen LogP contribution in [-0.2, 0) is 14.3 Å². The van der Waals surface area contributed by atoms with E-state index < -0.39 is 0 Å². The van der Waals surface area contributed by atoms with E-state index >= 15 is 0 Å². The van der Waals surface area contributed by atoms with Crippen molar-refractivity contribution in [3.63, 3.8) is 0 Å². The summed E-state index contributed by atoms with van der Waals surface area (Å²) in [7, 11) is 0. The normalized spacial score (nSPS) is 26.0. The Kier molecular flexibility index (Phi) is 5.26. The summed E-state index contributed by atoms with van der Waals surface area (Å²) in [6.45, 7) is 3.26. The lowest BCUT2D eigenvalue weighted by molar-refractivity contribution is -0.122. The third-order valence-electron chi connectivity index (χ3n) is 3.67. The predicted molar refractivity (Wildman–Crippen MR) is 64.8 cm³/mol. The number of amides is 1. The molecule has 2 fully saturated rings. The molecule has 0 spiro atoms. The molecule has 2 heterocycles. The quantitative estimate of drug-likeness (QED) is 0.793. The maximum atomic E-state index is 11.6. The zero-order chi connectivity index (χ0) is 11.9. The first-order chi connectivity index (χ1) is 8.34. The van der Waals surface area contributed by atoms with Crippen LogP contribution in [0, 0.1) is 5.92 Å². The lowest BCUT2D eigenvalue weighted by atomic mass is 9.95. The van der Waals surface area contributed by atoms with E-state index in [1.807, 2.05) is 0 Å². The molecule has 98 valence electrons. The summed E-state index contributed by atoms with van der Waals surface area (Å²) in [5.41, 5.74) is 0. The van der Waals surface area contributed by atoms with Crippen molar-refractivity contribution in [2.75, 3.05) is 26.4 Å². The average Bonchev–Trinajstić information content (AvgIpc) is 2.88. The summed E-state index contributed by atoms with van der Waals surface area (Å²) >= 11 is 0. The summed E-state index contributed by atoms with van der Waals surface area (Å²) in [6.07, 6.45) is 6.33. The Bertz CT molecular complexity index is 233. The zero-order valence-electron chi connectivity index (χ0n) is 10.5. The molecule has 0 aromatic carbocycles. The number of hydrogen-bond donors (Lipinski definition) is 1. The molecule has 1 N–H and O–H groups in total. The number of hydrogen-bond acceptors (Lipinski definition) is 3. The topological polar surface area (TPSA) is 47.6 Å². The van der Waals surface area contributed by atoms with E-state index in [9.17, 15) is 4.79 Å². The second-order valence-electron chi connectivity index (χ2n) is 5.03. The highest BCUT2D eigenvalue weighted by Gasteiger charge is 2.18. The van der Waals surface area contributed by atoms with E-state index in [0.29, 0.717) is 18.9 Å². The fourth-order valence-electron chi connectivity index (χ4n) is 2.49. The molecule has 2 aliphatic rings. The molecule has 0 aromatic heterocycles. The fraction of sp³-hybridized carbons (Fsp3) is 0.923. The third-order valence-corrected chi connectivity index (χ3v) is 3.67. The van der Waals surface area contributed by atoms with Gasteiger partial charge in [0.05, 0.1) is 6.10 Å². The Hall–Kier alpha value is -0.610. The van der Waals surface area contributed by atoms with Crippen molar-refractivity contribution in [2.24, 2.45) is 5.92 Å². The molecule has 2 saturated heterocycles. The van der Waals surface area contributed by atoms with E-state index in [2.05, 4.69) is 5.32 Å². The first-order valence-corrected chi connectivity index (χ1v) is 6.80. The minimum absolute atomic E-state index is 0.173. The van der Waals surface area contributed by atoms with Crippen LogP contribution < -0.4 is 5.32 Å². The highest BCUT2D eigenvalue weighted by atomic mass is 16.5. The van der Waals surface area contributed by atoms with Crippen molar-refractivity contribution in [3.05, 3.63) is 0 Å². The minimum Gasteiger partial charge on any atom is -0.381 e. The van der Waals surface area contributed by atoms with Crippen molar-refractivity contribution < 1.29 is 14.3 Å². The average molecular weight is 241 g/mol. The van der Waals surface area contributed by atoms with Crippen molar-refractivity contribution in [1.29, 1.82) is 0 Å². The minimum atomic E-state index is 0.173. The number of rotatable bonds is 5. The Morgan fingerprint density at radius 2 is 2.00 bits per heavy atom. The van der Waals surface area contributed by atoms with Gasteiger partial charge in [0.25, 0.3) is 0 Å². The van der Waals surface area contributed by atoms with Crippen molar-refractivity contribution >= 4 is 5.91 Å². The maximum absolute atomic E-state index is 11.6. The van der Waals surface area contributed by atoms with Gasteiger partial charge in [-0.3, -0.25) is 4.79 Å². The Morgan fingerprint density at radius 1 is 1.18 bits per heavy atom. The molecule has 0 saturated carbocycles. The van der Waals surface area contributed by atoms with Gasteiger partial charge >= 0.3 is 0 Å². The van der Waals surface area contributed by atoms with E-state index in [1.54, 1.807) is 0 Å². The van der Waals surface area contributed by atoms with Gasteiger partial charge in [-0.15, -0.1) is 0 Å². The molecule has 0 radical (unpaired) electrons. The summed E-state index contributed by atoms with van der Waals surface area (Å²) < 4.78 is 10.8. The molecule has 0 aliphatic carbocycles. The van der Waals surface area contributed by atoms with Gasteiger partial charge in [0.1, 0.15) is 0 Å². The van der Waals surface area contributed by atoms with Crippen LogP contribution in [0.2, 0.25) is 0 Å². The molecular formula is C13H23NO3. The Balaban J connectivity index is 1.53. The van der Waals surface area contributed by atoms with Crippen LogP contribution in [0.1, 0.15) is 38.5 Å². The van der Waals surface area contributed by atoms with Crippen LogP contribution in [0.3, 0.4) is 0 Å². The van der Waals surface area contributed by atoms with Crippen LogP contribution in [0.25, 0.3) is 0 Å². The summed E-state index contributed by atoms with van der Waals surface area (Å²) in [6, 6.07) is 0. The molecular weight excluding hydrogens is 218 g/mol. The van der Waals surface area contributed by atoms with Crippen LogP contribution in [0.4, 0.5) is 0 Å². The summed E-state index contributed by atoms with van der Waals surface area (Å²) in [5.74, 6) is 0.851. The largest absolute Gasteiger partial charge is 0.381 e. The highest BCUT2D eigenvalue weighted by Crippen LogP contribution is 2.19. The van der Waals surface area contributed by atoms with Crippen LogP contribution in [0.5, 0.6) is 0 Å². The number of carbonyl (C=O) groups is 1. The van der Waals surface area contributed by atoms with Gasteiger partial charge in [-0.25, -0.2) is 0 Å². The van der Waals surface area contributed by atoms with Gasteiger partial charge in [-0.1, -0.05) is 0 Å². The highest BCUT2D eigenvalue weighted by molar-refractivity contribution is 5.75. The fourth-order valence-corrected chi connectivity index (χ4v) is 2.49. The van der Waals surface area contributed by atoms with Gasteiger partial charge in [-0.2, -0.15) is 0 Å². The smallest absolute Gasteiger partial charge is 0.220 e. The Labute approximate surface area is 103 Å². The lowest BCUT2D eigenvalue weighted by Crippen LogP contribution is -2.32. The van der Waals surface area contributed by atoms with E-state index in [1.165, 1.54) is 0 Å². The van der Waals surface area contributed by atoms with Gasteiger partial charge < -0.3 is 14.8 Å². The molecule has 1 unspecified atom stereocenters. The molecule has 4 nitrogen and oxygen atoms in total. The van der Waals surface area contributed by atoms with Gasteiger partial charge in [0.2, 0.25) is 5.91 Å². The first-order valence-electron chi connectivity index (χ1n) is 6.80. The van der Waals surface area contributed by atoms with Crippen molar-refractivity contribution in [2.45, 2.75) is 44.6 Å². The number of nitrogens with one attached hydrogen (secondary N) is 1. The van der Waals surface area contributed by atoms with Crippen molar-refractivity contribution in [3.8, 4) is 0 Å². The predicted octanol–water partition coefficient (Wildman–Crippen LogP) is 1.49. The van der Waals surface area contributed by atoms with Gasteiger partial charge in [0.15, 0.2) is 0 Å². The van der Waals surface area contributed by atoms with Crippen LogP contribution in [-0.4, -0.2) is 38.4 Å². The van der Waals surface area contributed by atoms with E-state index in [-0.39, 0.29) is 12.0 Å². The number of carbonyl (C=O) groups excluding carboxylic acids is 1. The molecule has 17 heavy (non-hydrogen) atoms. The standard InChI is InChI=1S/C13H23NO3/c15-13(14-10-12-2-1-7-17-12)4-3-11-5-8-16-9-6-11/h11-12H,1-10H2,(H,14,15). The molecule has 0 aromatic rings. The molecule has 0 bridgehead atoms. The van der Waals surface area contributed by atoms with Crippen LogP contribution >= 0.6 is 0 Å². The summed E-state index contributed by atoms with van der Waals surface area (Å²) in [5, 5.41) is 2.97. The first kappa shape index (κ1) is 12.8. The lowest BCUT2D eigenvalue weighted by Gasteiger charge is -2.21. The van der Waals surface area contributed by atoms with Crippen LogP contribution in [0.15, 0.2) is 0 Å². The molecule has 1 amide bonds. The summed E-state index contributed by atoms with van der Waals surface area (Å²) in [4.78, 5) is 11.6. The monoisotopic (exact) mass is 241 g/mol. The SMILES string of the molecule is O=C(CCC1CCOCC1)NCC1CCCO1. The second-order valence-corrected chi connectivity index (χ2v) is 5.03. The van der Waals surface area contributed by atoms with E-state index in [0.717, 1.165) is 51.9 Å².